The van der Waals surface area contributed by atoms with Crippen LogP contribution in [0.25, 0.3) is 11.1 Å². The van der Waals surface area contributed by atoms with Gasteiger partial charge in [-0.2, -0.15) is 0 Å². The number of hydrogen-bond donors (Lipinski definition) is 2. The highest BCUT2D eigenvalue weighted by Crippen LogP contribution is 2.51. The van der Waals surface area contributed by atoms with Crippen molar-refractivity contribution >= 4 is 68.6 Å². The number of esters is 5. The van der Waals surface area contributed by atoms with Crippen LogP contribution >= 0.6 is 16.1 Å². The summed E-state index contributed by atoms with van der Waals surface area (Å²) in [5.74, 6) is -4.31. The molecule has 1 amide bonds. The molecule has 20 heteroatoms. The molecular formula is C50H73NO17P2. The maximum absolute atomic E-state index is 14.2. The number of amides is 1. The summed E-state index contributed by atoms with van der Waals surface area (Å²) in [6.07, 6.45) is 1.94. The van der Waals surface area contributed by atoms with Gasteiger partial charge < -0.3 is 38.8 Å². The fraction of sp³-hybridized carbons (Fsp3) is 0.600. The second-order valence-corrected chi connectivity index (χ2v) is 24.8. The minimum Gasteiger partial charge on any atom is -0.506 e. The smallest absolute Gasteiger partial charge is 0.370 e. The van der Waals surface area contributed by atoms with Crippen LogP contribution in [0.4, 0.5) is 5.69 Å². The normalized spacial score (nSPS) is 15.5. The lowest BCUT2D eigenvalue weighted by molar-refractivity contribution is -0.244. The highest BCUT2D eigenvalue weighted by Gasteiger charge is 2.39. The van der Waals surface area contributed by atoms with Gasteiger partial charge in [0.25, 0.3) is 0 Å². The van der Waals surface area contributed by atoms with Gasteiger partial charge in [0.05, 0.1) is 27.3 Å². The Morgan fingerprint density at radius 3 is 1.56 bits per heavy atom. The molecule has 2 aromatic rings. The summed E-state index contributed by atoms with van der Waals surface area (Å²) in [7, 11) is -7.73. The molecule has 0 aliphatic carbocycles. The molecule has 1 aliphatic heterocycles. The van der Waals surface area contributed by atoms with Gasteiger partial charge in [0, 0.05) is 30.0 Å². The number of rotatable bonds is 21. The van der Waals surface area contributed by atoms with E-state index >= 15 is 0 Å². The van der Waals surface area contributed by atoms with E-state index in [0.29, 0.717) is 29.9 Å². The number of carbonyl (C=O) groups is 6. The van der Waals surface area contributed by atoms with E-state index in [2.05, 4.69) is 12.2 Å². The Hall–Kier alpha value is -5.02. The fourth-order valence-electron chi connectivity index (χ4n) is 6.21. The minimum atomic E-state index is -3.87. The molecule has 3 atom stereocenters. The molecule has 0 aromatic heterocycles. The highest BCUT2D eigenvalue weighted by atomic mass is 31.2. The molecule has 18 nitrogen and oxygen atoms in total. The number of anilines is 1. The standard InChI is InChI=1S/C50H73NO17P2/c1-16-18-19-20-38(54)62-31-23-21-30(22-24-31)40-29(3)61-36-28-35(52)34(27-33(36)32(40)17-2)51-37(53)25-26-39(69(59)67-45(63-41(55)47(4,5)6)64-42(56)48(7,8)9)70(60)68-46(65-43(57)49(10,11)12)66-44(58)50(13,14)15/h21-24,27-29,39,45-46,52,69-70H,16-20,25-26H2,1-15H3,(H,51,53). The van der Waals surface area contributed by atoms with Crippen molar-refractivity contribution in [3.8, 4) is 17.2 Å². The Kier molecular flexibility index (Phi) is 21.1. The first-order valence-electron chi connectivity index (χ1n) is 23.4. The lowest BCUT2D eigenvalue weighted by Crippen LogP contribution is -2.35. The van der Waals surface area contributed by atoms with Crippen LogP contribution in [0.2, 0.25) is 0 Å². The third-order valence-corrected chi connectivity index (χ3v) is 14.4. The maximum Gasteiger partial charge on any atom is 0.370 e. The predicted molar refractivity (Wildman–Crippen MR) is 263 cm³/mol. The second-order valence-electron chi connectivity index (χ2n) is 21.0. The summed E-state index contributed by atoms with van der Waals surface area (Å²) in [6, 6.07) is 9.98. The Bertz CT molecular complexity index is 2170. The number of hydrogen-bond acceptors (Lipinski definition) is 17. The lowest BCUT2D eigenvalue weighted by atomic mass is 9.87. The van der Waals surface area contributed by atoms with Crippen LogP contribution in [0.1, 0.15) is 160 Å². The molecule has 1 heterocycles. The maximum atomic E-state index is 14.2. The highest BCUT2D eigenvalue weighted by molar-refractivity contribution is 7.58. The molecule has 0 bridgehead atoms. The van der Waals surface area contributed by atoms with Crippen molar-refractivity contribution in [3.63, 3.8) is 0 Å². The van der Waals surface area contributed by atoms with Gasteiger partial charge in [0.1, 0.15) is 28.8 Å². The van der Waals surface area contributed by atoms with Crippen LogP contribution in [-0.4, -0.2) is 65.3 Å². The van der Waals surface area contributed by atoms with Crippen LogP contribution in [0, 0.1) is 21.7 Å². The quantitative estimate of drug-likeness (QED) is 0.0295. The fourth-order valence-corrected chi connectivity index (χ4v) is 9.05. The predicted octanol–water partition coefficient (Wildman–Crippen LogP) is 10.9. The molecule has 1 aliphatic rings. The molecule has 390 valence electrons. The zero-order valence-electron chi connectivity index (χ0n) is 43.2. The summed E-state index contributed by atoms with van der Waals surface area (Å²) < 4.78 is 72.6. The molecule has 0 saturated carbocycles. The van der Waals surface area contributed by atoms with Gasteiger partial charge in [-0.05, 0) is 139 Å². The molecule has 0 saturated heterocycles. The Morgan fingerprint density at radius 2 is 1.14 bits per heavy atom. The van der Waals surface area contributed by atoms with Gasteiger partial charge in [-0.3, -0.25) is 46.9 Å². The third-order valence-electron chi connectivity index (χ3n) is 10.4. The number of carbonyl (C=O) groups excluding carboxylic acids is 6. The molecule has 0 spiro atoms. The molecule has 3 rings (SSSR count). The first kappa shape index (κ1) is 59.3. The van der Waals surface area contributed by atoms with Gasteiger partial charge in [-0.15, -0.1) is 0 Å². The Morgan fingerprint density at radius 1 is 0.686 bits per heavy atom. The van der Waals surface area contributed by atoms with E-state index < -0.39 is 105 Å². The summed E-state index contributed by atoms with van der Waals surface area (Å²) in [6.45, 7) is 19.6. The zero-order chi connectivity index (χ0) is 53.1. The average molecular weight is 1020 g/mol. The number of phenols is 1. The second kappa shape index (κ2) is 24.9. The van der Waals surface area contributed by atoms with Crippen molar-refractivity contribution in [1.29, 1.82) is 0 Å². The number of aromatic hydroxyl groups is 1. The average Bonchev–Trinajstić information content (AvgIpc) is 3.22. The van der Waals surface area contributed by atoms with Crippen molar-refractivity contribution in [2.24, 2.45) is 21.7 Å². The van der Waals surface area contributed by atoms with Gasteiger partial charge >= 0.3 is 42.8 Å². The van der Waals surface area contributed by atoms with E-state index in [9.17, 15) is 43.0 Å². The molecule has 0 radical (unpaired) electrons. The molecule has 3 unspecified atom stereocenters. The topological polar surface area (TPSA) is 243 Å². The molecule has 70 heavy (non-hydrogen) atoms. The van der Waals surface area contributed by atoms with Crippen LogP contribution in [-0.2, 0) is 65.9 Å². The summed E-state index contributed by atoms with van der Waals surface area (Å²) in [5, 5.41) is 12.0. The number of fused-ring (bicyclic) bond motifs is 1. The van der Waals surface area contributed by atoms with Gasteiger partial charge in [-0.25, -0.2) is 0 Å². The molecule has 2 aromatic carbocycles. The first-order chi connectivity index (χ1) is 32.3. The zero-order valence-corrected chi connectivity index (χ0v) is 45.2. The number of phenolic OH excluding ortho intramolecular Hbond substituents is 1. The molecule has 2 N–H and O–H groups in total. The van der Waals surface area contributed by atoms with Gasteiger partial charge in [-0.1, -0.05) is 38.8 Å². The minimum absolute atomic E-state index is 0.0200. The summed E-state index contributed by atoms with van der Waals surface area (Å²) in [4.78, 5) is 78.0. The monoisotopic (exact) mass is 1020 g/mol. The van der Waals surface area contributed by atoms with Gasteiger partial charge in [0.2, 0.25) is 22.0 Å². The van der Waals surface area contributed by atoms with E-state index in [1.165, 1.54) is 89.2 Å². The van der Waals surface area contributed by atoms with Crippen molar-refractivity contribution in [3.05, 3.63) is 47.5 Å². The van der Waals surface area contributed by atoms with Crippen molar-refractivity contribution in [2.75, 3.05) is 5.32 Å². The lowest BCUT2D eigenvalue weighted by Gasteiger charge is -2.30. The largest absolute Gasteiger partial charge is 0.506 e. The van der Waals surface area contributed by atoms with E-state index in [0.717, 1.165) is 36.0 Å². The number of unbranched alkanes of at least 4 members (excludes halogenated alkanes) is 2. The van der Waals surface area contributed by atoms with E-state index in [4.69, 9.17) is 37.5 Å². The molecular weight excluding hydrogens is 948 g/mol. The van der Waals surface area contributed by atoms with E-state index in [1.54, 1.807) is 18.2 Å². The molecule has 0 fully saturated rings. The number of benzene rings is 2. The summed E-state index contributed by atoms with van der Waals surface area (Å²) in [5.41, 5.74) is -1.58. The third kappa shape index (κ3) is 17.7. The van der Waals surface area contributed by atoms with E-state index in [1.807, 2.05) is 26.0 Å². The Labute approximate surface area is 412 Å². The van der Waals surface area contributed by atoms with Crippen LogP contribution in [0.5, 0.6) is 17.2 Å². The van der Waals surface area contributed by atoms with Crippen molar-refractivity contribution in [2.45, 2.75) is 173 Å². The first-order valence-corrected chi connectivity index (χ1v) is 26.2. The number of nitrogens with one attached hydrogen (secondary N) is 1. The number of ether oxygens (including phenoxy) is 6. The van der Waals surface area contributed by atoms with Crippen molar-refractivity contribution < 1.29 is 80.5 Å². The van der Waals surface area contributed by atoms with Crippen LogP contribution < -0.4 is 14.8 Å². The SMILES string of the molecule is CCCCCC(=O)Oc1ccc(C2=C(CC)c3cc(NC(=O)CCC([PH](=O)OC(OC(=O)C(C)(C)C)OC(=O)C(C)(C)C)[PH](=O)OC(OC(=O)C(C)(C)C)OC(=O)C(C)(C)C)c(O)cc3OC2C)cc1. The Balaban J connectivity index is 2.00. The summed E-state index contributed by atoms with van der Waals surface area (Å²) >= 11 is 0. The van der Waals surface area contributed by atoms with Gasteiger partial charge in [0.15, 0.2) is 0 Å². The van der Waals surface area contributed by atoms with Crippen molar-refractivity contribution in [1.82, 2.24) is 0 Å². The van der Waals surface area contributed by atoms with E-state index in [-0.39, 0.29) is 17.4 Å². The van der Waals surface area contributed by atoms with Crippen LogP contribution in [0.3, 0.4) is 0 Å². The van der Waals surface area contributed by atoms with Crippen LogP contribution in [0.15, 0.2) is 36.4 Å². The number of allylic oxidation sites excluding steroid dienone is 1.